The van der Waals surface area contributed by atoms with Crippen molar-refractivity contribution in [3.63, 3.8) is 0 Å². The van der Waals surface area contributed by atoms with Gasteiger partial charge in [0.2, 0.25) is 0 Å². The van der Waals surface area contributed by atoms with Crippen molar-refractivity contribution in [2.24, 2.45) is 5.92 Å². The van der Waals surface area contributed by atoms with E-state index in [1.54, 1.807) is 0 Å². The first-order valence-corrected chi connectivity index (χ1v) is 7.14. The second kappa shape index (κ2) is 8.48. The Morgan fingerprint density at radius 3 is 2.61 bits per heavy atom. The van der Waals surface area contributed by atoms with Crippen LogP contribution in [-0.4, -0.2) is 50.2 Å². The van der Waals surface area contributed by atoms with Gasteiger partial charge in [-0.25, -0.2) is 0 Å². The summed E-state index contributed by atoms with van der Waals surface area (Å²) in [5.41, 5.74) is 0. The minimum Gasteiger partial charge on any atom is -0.469 e. The summed E-state index contributed by atoms with van der Waals surface area (Å²) >= 11 is 0. The van der Waals surface area contributed by atoms with Gasteiger partial charge < -0.3 is 15.0 Å². The van der Waals surface area contributed by atoms with Crippen molar-refractivity contribution in [1.82, 2.24) is 10.2 Å². The fourth-order valence-corrected chi connectivity index (χ4v) is 2.48. The fourth-order valence-electron chi connectivity index (χ4n) is 2.48. The van der Waals surface area contributed by atoms with E-state index in [1.165, 1.54) is 39.6 Å². The van der Waals surface area contributed by atoms with Crippen molar-refractivity contribution < 1.29 is 9.53 Å². The predicted molar refractivity (Wildman–Crippen MR) is 73.6 cm³/mol. The summed E-state index contributed by atoms with van der Waals surface area (Å²) in [5.74, 6) is 0.651. The Bertz CT molecular complexity index is 236. The van der Waals surface area contributed by atoms with Gasteiger partial charge in [0, 0.05) is 19.0 Å². The van der Waals surface area contributed by atoms with Gasteiger partial charge in [-0.1, -0.05) is 13.8 Å². The van der Waals surface area contributed by atoms with Crippen LogP contribution in [0.4, 0.5) is 0 Å². The molecular weight excluding hydrogens is 228 g/mol. The average Bonchev–Trinajstić information content (AvgIpc) is 2.35. The number of esters is 1. The van der Waals surface area contributed by atoms with Crippen LogP contribution in [0.5, 0.6) is 0 Å². The molecule has 0 aromatic carbocycles. The van der Waals surface area contributed by atoms with Crippen LogP contribution in [0.25, 0.3) is 0 Å². The summed E-state index contributed by atoms with van der Waals surface area (Å²) in [7, 11) is 1.44. The van der Waals surface area contributed by atoms with Crippen LogP contribution < -0.4 is 5.32 Å². The summed E-state index contributed by atoms with van der Waals surface area (Å²) in [4.78, 5) is 13.5. The highest BCUT2D eigenvalue weighted by Gasteiger charge is 2.18. The third-order valence-electron chi connectivity index (χ3n) is 3.43. The van der Waals surface area contributed by atoms with Gasteiger partial charge in [-0.2, -0.15) is 0 Å². The molecule has 106 valence electrons. The minimum atomic E-state index is -0.108. The number of piperidine rings is 1. The maximum Gasteiger partial charge on any atom is 0.305 e. The van der Waals surface area contributed by atoms with E-state index in [2.05, 4.69) is 28.8 Å². The van der Waals surface area contributed by atoms with Crippen LogP contribution in [0.3, 0.4) is 0 Å². The van der Waals surface area contributed by atoms with Crippen LogP contribution in [0.15, 0.2) is 0 Å². The third kappa shape index (κ3) is 6.36. The summed E-state index contributed by atoms with van der Waals surface area (Å²) in [5, 5.41) is 3.54. The van der Waals surface area contributed by atoms with E-state index in [0.29, 0.717) is 12.5 Å². The third-order valence-corrected chi connectivity index (χ3v) is 3.43. The van der Waals surface area contributed by atoms with Crippen molar-refractivity contribution in [3.8, 4) is 0 Å². The molecule has 1 aliphatic heterocycles. The molecule has 0 aromatic rings. The van der Waals surface area contributed by atoms with Crippen LogP contribution in [0.1, 0.15) is 39.5 Å². The molecule has 0 amide bonds. The average molecular weight is 256 g/mol. The van der Waals surface area contributed by atoms with E-state index < -0.39 is 0 Å². The van der Waals surface area contributed by atoms with Crippen molar-refractivity contribution >= 4 is 5.97 Å². The molecule has 0 atom stereocenters. The number of hydrogen-bond donors (Lipinski definition) is 1. The molecule has 1 N–H and O–H groups in total. The molecule has 0 unspecified atom stereocenters. The lowest BCUT2D eigenvalue weighted by Crippen LogP contribution is -2.43. The lowest BCUT2D eigenvalue weighted by molar-refractivity contribution is -0.140. The summed E-state index contributed by atoms with van der Waals surface area (Å²) < 4.78 is 4.62. The van der Waals surface area contributed by atoms with Gasteiger partial charge in [0.25, 0.3) is 0 Å². The second-order valence-corrected chi connectivity index (χ2v) is 5.60. The van der Waals surface area contributed by atoms with E-state index in [9.17, 15) is 4.79 Å². The van der Waals surface area contributed by atoms with Crippen molar-refractivity contribution in [1.29, 1.82) is 0 Å². The van der Waals surface area contributed by atoms with E-state index in [1.807, 2.05) is 0 Å². The number of ether oxygens (including phenoxy) is 1. The summed E-state index contributed by atoms with van der Waals surface area (Å²) in [6.07, 6.45) is 3.85. The lowest BCUT2D eigenvalue weighted by atomic mass is 10.0. The van der Waals surface area contributed by atoms with Crippen LogP contribution in [-0.2, 0) is 9.53 Å². The molecular formula is C14H28N2O2. The Labute approximate surface area is 111 Å². The van der Waals surface area contributed by atoms with E-state index in [4.69, 9.17) is 0 Å². The maximum atomic E-state index is 11.0. The van der Waals surface area contributed by atoms with E-state index in [-0.39, 0.29) is 5.97 Å². The highest BCUT2D eigenvalue weighted by atomic mass is 16.5. The molecule has 1 heterocycles. The lowest BCUT2D eigenvalue weighted by Gasteiger charge is -2.33. The molecule has 1 aliphatic rings. The number of hydrogen-bond acceptors (Lipinski definition) is 4. The van der Waals surface area contributed by atoms with E-state index >= 15 is 0 Å². The monoisotopic (exact) mass is 256 g/mol. The van der Waals surface area contributed by atoms with Gasteiger partial charge in [0.1, 0.15) is 0 Å². The molecule has 0 spiro atoms. The number of methoxy groups -OCH3 is 1. The number of nitrogens with zero attached hydrogens (tertiary/aromatic N) is 1. The minimum absolute atomic E-state index is 0.108. The molecule has 4 nitrogen and oxygen atoms in total. The molecule has 0 bridgehead atoms. The van der Waals surface area contributed by atoms with Crippen molar-refractivity contribution in [3.05, 3.63) is 0 Å². The first-order chi connectivity index (χ1) is 8.61. The Morgan fingerprint density at radius 2 is 2.06 bits per heavy atom. The van der Waals surface area contributed by atoms with Crippen LogP contribution in [0.2, 0.25) is 0 Å². The van der Waals surface area contributed by atoms with Gasteiger partial charge in [-0.15, -0.1) is 0 Å². The number of rotatable bonds is 7. The normalized spacial score (nSPS) is 18.2. The zero-order valence-corrected chi connectivity index (χ0v) is 12.1. The molecule has 0 radical (unpaired) electrons. The van der Waals surface area contributed by atoms with Gasteiger partial charge in [-0.3, -0.25) is 4.79 Å². The van der Waals surface area contributed by atoms with Gasteiger partial charge >= 0.3 is 5.97 Å². The second-order valence-electron chi connectivity index (χ2n) is 5.60. The molecule has 18 heavy (non-hydrogen) atoms. The molecule has 0 aromatic heterocycles. The first kappa shape index (κ1) is 15.4. The largest absolute Gasteiger partial charge is 0.469 e. The number of carbonyl (C=O) groups excluding carboxylic acids is 1. The summed E-state index contributed by atoms with van der Waals surface area (Å²) in [6, 6.07) is 0.631. The first-order valence-electron chi connectivity index (χ1n) is 7.14. The van der Waals surface area contributed by atoms with Gasteiger partial charge in [0.15, 0.2) is 0 Å². The number of likely N-dealkylation sites (tertiary alicyclic amines) is 1. The Balaban J connectivity index is 2.03. The SMILES string of the molecule is COC(=O)CCCNC1CCN(CC(C)C)CC1. The van der Waals surface area contributed by atoms with Crippen LogP contribution in [0, 0.1) is 5.92 Å². The Hall–Kier alpha value is -0.610. The van der Waals surface area contributed by atoms with Crippen molar-refractivity contribution in [2.45, 2.75) is 45.6 Å². The zero-order chi connectivity index (χ0) is 13.4. The van der Waals surface area contributed by atoms with Crippen molar-refractivity contribution in [2.75, 3.05) is 33.3 Å². The smallest absolute Gasteiger partial charge is 0.305 e. The molecule has 0 saturated carbocycles. The summed E-state index contributed by atoms with van der Waals surface area (Å²) in [6.45, 7) is 9.09. The van der Waals surface area contributed by atoms with Crippen LogP contribution >= 0.6 is 0 Å². The highest BCUT2D eigenvalue weighted by Crippen LogP contribution is 2.12. The van der Waals surface area contributed by atoms with Gasteiger partial charge in [-0.05, 0) is 44.8 Å². The number of nitrogens with one attached hydrogen (secondary N) is 1. The maximum absolute atomic E-state index is 11.0. The Kier molecular flexibility index (Phi) is 7.28. The molecule has 1 rings (SSSR count). The van der Waals surface area contributed by atoms with Gasteiger partial charge in [0.05, 0.1) is 7.11 Å². The molecule has 4 heteroatoms. The fraction of sp³-hybridized carbons (Fsp3) is 0.929. The predicted octanol–water partition coefficient (Wildman–Crippen LogP) is 1.65. The molecule has 1 fully saturated rings. The number of carbonyl (C=O) groups is 1. The quantitative estimate of drug-likeness (QED) is 0.555. The molecule has 0 aliphatic carbocycles. The highest BCUT2D eigenvalue weighted by molar-refractivity contribution is 5.69. The zero-order valence-electron chi connectivity index (χ0n) is 12.1. The van der Waals surface area contributed by atoms with E-state index in [0.717, 1.165) is 18.9 Å². The standard InChI is InChI=1S/C14H28N2O2/c1-12(2)11-16-9-6-13(7-10-16)15-8-4-5-14(17)18-3/h12-13,15H,4-11H2,1-3H3. The topological polar surface area (TPSA) is 41.6 Å². The Morgan fingerprint density at radius 1 is 1.39 bits per heavy atom. The molecule has 1 saturated heterocycles.